The predicted molar refractivity (Wildman–Crippen MR) is 52.7 cm³/mol. The van der Waals surface area contributed by atoms with Gasteiger partial charge in [0, 0.05) is 17.1 Å². The molecule has 13 heavy (non-hydrogen) atoms. The predicted octanol–water partition coefficient (Wildman–Crippen LogP) is 3.13. The van der Waals surface area contributed by atoms with Crippen LogP contribution in [0.3, 0.4) is 0 Å². The average molecular weight is 175 g/mol. The molecule has 2 nitrogen and oxygen atoms in total. The summed E-state index contributed by atoms with van der Waals surface area (Å²) < 4.78 is 5.41. The minimum absolute atomic E-state index is 0.132. The average Bonchev–Trinajstić information content (AvgIpc) is 2.45. The van der Waals surface area contributed by atoms with Crippen LogP contribution in [0.2, 0.25) is 0 Å². The molecule has 68 valence electrons. The van der Waals surface area contributed by atoms with Crippen molar-refractivity contribution in [2.75, 3.05) is 0 Å². The van der Waals surface area contributed by atoms with Gasteiger partial charge in [0.05, 0.1) is 12.5 Å². The van der Waals surface area contributed by atoms with Crippen molar-refractivity contribution in [2.45, 2.75) is 26.2 Å². The lowest BCUT2D eigenvalue weighted by Crippen LogP contribution is -2.09. The van der Waals surface area contributed by atoms with Gasteiger partial charge >= 0.3 is 0 Å². The maximum absolute atomic E-state index is 5.41. The lowest BCUT2D eigenvalue weighted by Gasteiger charge is -2.16. The molecule has 2 heterocycles. The first-order valence-corrected chi connectivity index (χ1v) is 4.41. The minimum Gasteiger partial charge on any atom is -0.462 e. The zero-order valence-corrected chi connectivity index (χ0v) is 8.16. The summed E-state index contributed by atoms with van der Waals surface area (Å²) in [6.07, 6.45) is 5.38. The maximum atomic E-state index is 5.41. The number of nitrogens with zero attached hydrogens (tertiary/aromatic N) is 1. The van der Waals surface area contributed by atoms with E-state index in [1.165, 1.54) is 10.9 Å². The third kappa shape index (κ3) is 1.32. The molecule has 0 saturated carbocycles. The molecule has 0 aliphatic carbocycles. The van der Waals surface area contributed by atoms with E-state index in [0.717, 1.165) is 5.58 Å². The van der Waals surface area contributed by atoms with E-state index in [-0.39, 0.29) is 5.41 Å². The van der Waals surface area contributed by atoms with Gasteiger partial charge in [0.1, 0.15) is 0 Å². The molecule has 0 saturated heterocycles. The smallest absolute Gasteiger partial charge is 0.152 e. The minimum atomic E-state index is 0.132. The first kappa shape index (κ1) is 8.30. The van der Waals surface area contributed by atoms with Crippen LogP contribution < -0.4 is 0 Å². The number of rotatable bonds is 0. The highest BCUT2D eigenvalue weighted by Crippen LogP contribution is 2.30. The molecule has 0 atom stereocenters. The van der Waals surface area contributed by atoms with Crippen molar-refractivity contribution in [3.05, 3.63) is 30.3 Å². The number of hydrogen-bond donors (Lipinski definition) is 0. The molecule has 0 amide bonds. The van der Waals surface area contributed by atoms with Crippen molar-refractivity contribution in [3.63, 3.8) is 0 Å². The molecule has 2 rings (SSSR count). The van der Waals surface area contributed by atoms with Crippen molar-refractivity contribution in [3.8, 4) is 0 Å². The maximum Gasteiger partial charge on any atom is 0.152 e. The van der Waals surface area contributed by atoms with Crippen LogP contribution in [0.25, 0.3) is 11.0 Å². The Labute approximate surface area is 77.6 Å². The van der Waals surface area contributed by atoms with E-state index in [1.54, 1.807) is 12.4 Å². The second-order valence-electron chi connectivity index (χ2n) is 4.27. The van der Waals surface area contributed by atoms with E-state index in [1.807, 2.05) is 12.3 Å². The fourth-order valence-corrected chi connectivity index (χ4v) is 1.46. The highest BCUT2D eigenvalue weighted by atomic mass is 16.3. The molecule has 0 N–H and O–H groups in total. The molecular formula is C11H13NO. The van der Waals surface area contributed by atoms with Crippen LogP contribution in [0.15, 0.2) is 29.1 Å². The second-order valence-corrected chi connectivity index (χ2v) is 4.27. The molecule has 0 fully saturated rings. The fourth-order valence-electron chi connectivity index (χ4n) is 1.46. The molecule has 2 aromatic rings. The number of aromatic nitrogens is 1. The molecule has 0 spiro atoms. The molecule has 2 heteroatoms. The normalized spacial score (nSPS) is 12.2. The topological polar surface area (TPSA) is 26.0 Å². The molecule has 0 aliphatic rings. The number of hydrogen-bond acceptors (Lipinski definition) is 2. The Kier molecular flexibility index (Phi) is 1.65. The number of furan rings is 1. The van der Waals surface area contributed by atoms with Crippen LogP contribution in [-0.4, -0.2) is 4.98 Å². The summed E-state index contributed by atoms with van der Waals surface area (Å²) >= 11 is 0. The summed E-state index contributed by atoms with van der Waals surface area (Å²) in [4.78, 5) is 4.01. The Morgan fingerprint density at radius 3 is 2.77 bits per heavy atom. The first-order chi connectivity index (χ1) is 6.09. The molecule has 0 aliphatic heterocycles. The van der Waals surface area contributed by atoms with Crippen LogP contribution in [0.4, 0.5) is 0 Å². The van der Waals surface area contributed by atoms with Crippen molar-refractivity contribution >= 4 is 11.0 Å². The quantitative estimate of drug-likeness (QED) is 0.614. The lowest BCUT2D eigenvalue weighted by molar-refractivity contribution is 0.557. The van der Waals surface area contributed by atoms with Crippen LogP contribution in [0.5, 0.6) is 0 Å². The zero-order chi connectivity index (χ0) is 9.47. The van der Waals surface area contributed by atoms with Gasteiger partial charge in [-0.3, -0.25) is 4.98 Å². The highest BCUT2D eigenvalue weighted by molar-refractivity contribution is 5.80. The van der Waals surface area contributed by atoms with Gasteiger partial charge in [0.2, 0.25) is 0 Å². The Balaban J connectivity index is 2.72. The Hall–Kier alpha value is -1.31. The summed E-state index contributed by atoms with van der Waals surface area (Å²) in [5, 5.41) is 1.17. The van der Waals surface area contributed by atoms with E-state index >= 15 is 0 Å². The van der Waals surface area contributed by atoms with Gasteiger partial charge in [0.25, 0.3) is 0 Å². The molecular weight excluding hydrogens is 162 g/mol. The van der Waals surface area contributed by atoms with Gasteiger partial charge < -0.3 is 4.42 Å². The van der Waals surface area contributed by atoms with E-state index in [2.05, 4.69) is 25.8 Å². The molecule has 0 bridgehead atoms. The Morgan fingerprint density at radius 1 is 1.31 bits per heavy atom. The number of pyridine rings is 1. The third-order valence-electron chi connectivity index (χ3n) is 2.19. The summed E-state index contributed by atoms with van der Waals surface area (Å²) in [5.41, 5.74) is 2.24. The fraction of sp³-hybridized carbons (Fsp3) is 0.364. The lowest BCUT2D eigenvalue weighted by atomic mass is 9.87. The van der Waals surface area contributed by atoms with Crippen molar-refractivity contribution in [1.82, 2.24) is 4.98 Å². The van der Waals surface area contributed by atoms with Gasteiger partial charge in [-0.1, -0.05) is 20.8 Å². The van der Waals surface area contributed by atoms with Gasteiger partial charge in [-0.05, 0) is 11.5 Å². The van der Waals surface area contributed by atoms with Crippen molar-refractivity contribution in [2.24, 2.45) is 0 Å². The SMILES string of the molecule is CC(C)(C)c1coc2cnccc12. The monoisotopic (exact) mass is 175 g/mol. The standard InChI is InChI=1S/C11H13NO/c1-11(2,3)9-7-13-10-6-12-5-4-8(9)10/h4-7H,1-3H3. The van der Waals surface area contributed by atoms with Crippen LogP contribution >= 0.6 is 0 Å². The van der Waals surface area contributed by atoms with E-state index in [9.17, 15) is 0 Å². The summed E-state index contributed by atoms with van der Waals surface area (Å²) in [5.74, 6) is 0. The van der Waals surface area contributed by atoms with Gasteiger partial charge in [-0.2, -0.15) is 0 Å². The van der Waals surface area contributed by atoms with Gasteiger partial charge in [-0.15, -0.1) is 0 Å². The Bertz CT molecular complexity index is 423. The molecule has 0 aromatic carbocycles. The van der Waals surface area contributed by atoms with Crippen molar-refractivity contribution < 1.29 is 4.42 Å². The first-order valence-electron chi connectivity index (χ1n) is 4.41. The zero-order valence-electron chi connectivity index (χ0n) is 8.16. The third-order valence-corrected chi connectivity index (χ3v) is 2.19. The molecule has 0 radical (unpaired) electrons. The van der Waals surface area contributed by atoms with E-state index < -0.39 is 0 Å². The second kappa shape index (κ2) is 2.59. The number of fused-ring (bicyclic) bond motifs is 1. The van der Waals surface area contributed by atoms with Crippen molar-refractivity contribution in [1.29, 1.82) is 0 Å². The Morgan fingerprint density at radius 2 is 2.08 bits per heavy atom. The summed E-state index contributed by atoms with van der Waals surface area (Å²) in [6, 6.07) is 2.00. The summed E-state index contributed by atoms with van der Waals surface area (Å²) in [6.45, 7) is 6.53. The van der Waals surface area contributed by atoms with Crippen LogP contribution in [0, 0.1) is 0 Å². The van der Waals surface area contributed by atoms with Crippen LogP contribution in [-0.2, 0) is 5.41 Å². The van der Waals surface area contributed by atoms with Crippen LogP contribution in [0.1, 0.15) is 26.3 Å². The molecule has 2 aromatic heterocycles. The summed E-state index contributed by atoms with van der Waals surface area (Å²) in [7, 11) is 0. The highest BCUT2D eigenvalue weighted by Gasteiger charge is 2.18. The van der Waals surface area contributed by atoms with E-state index in [0.29, 0.717) is 0 Å². The van der Waals surface area contributed by atoms with E-state index in [4.69, 9.17) is 4.42 Å². The van der Waals surface area contributed by atoms with Gasteiger partial charge in [-0.25, -0.2) is 0 Å². The largest absolute Gasteiger partial charge is 0.462 e. The van der Waals surface area contributed by atoms with Gasteiger partial charge in [0.15, 0.2) is 5.58 Å². The molecule has 0 unspecified atom stereocenters.